The third-order valence-electron chi connectivity index (χ3n) is 6.02. The van der Waals surface area contributed by atoms with Crippen LogP contribution in [0.3, 0.4) is 0 Å². The van der Waals surface area contributed by atoms with E-state index in [2.05, 4.69) is 15.3 Å². The van der Waals surface area contributed by atoms with E-state index in [0.29, 0.717) is 18.4 Å². The number of benzene rings is 1. The van der Waals surface area contributed by atoms with Crippen molar-refractivity contribution in [2.75, 3.05) is 18.4 Å². The minimum absolute atomic E-state index is 0.0530. The van der Waals surface area contributed by atoms with Gasteiger partial charge in [0.05, 0.1) is 17.8 Å². The monoisotopic (exact) mass is 420 g/mol. The molecule has 1 N–H and O–H groups in total. The van der Waals surface area contributed by atoms with Crippen LogP contribution in [-0.4, -0.2) is 45.7 Å². The largest absolute Gasteiger partial charge is 0.328 e. The quantitative estimate of drug-likeness (QED) is 0.772. The summed E-state index contributed by atoms with van der Waals surface area (Å²) >= 11 is 0. The lowest BCUT2D eigenvalue weighted by atomic mass is 9.84. The van der Waals surface area contributed by atoms with Gasteiger partial charge < -0.3 is 4.90 Å². The summed E-state index contributed by atoms with van der Waals surface area (Å²) in [5.41, 5.74) is -2.61. The van der Waals surface area contributed by atoms with Gasteiger partial charge in [0.25, 0.3) is 11.8 Å². The van der Waals surface area contributed by atoms with Crippen LogP contribution >= 0.6 is 0 Å². The van der Waals surface area contributed by atoms with E-state index >= 15 is 0 Å². The summed E-state index contributed by atoms with van der Waals surface area (Å²) < 4.78 is 56.2. The molecule has 2 heterocycles. The van der Waals surface area contributed by atoms with Gasteiger partial charge in [0.1, 0.15) is 12.2 Å². The Hall–Kier alpha value is -3.04. The second-order valence-corrected chi connectivity index (χ2v) is 8.12. The highest BCUT2D eigenvalue weighted by atomic mass is 19.3. The number of hydrogen-bond acceptors (Lipinski definition) is 4. The number of carbonyl (C=O) groups is 2. The Balaban J connectivity index is 1.41. The minimum atomic E-state index is -3.05. The molecule has 0 saturated heterocycles. The molecule has 1 spiro atoms. The molecule has 2 amide bonds. The molecule has 1 aromatic heterocycles. The van der Waals surface area contributed by atoms with Crippen molar-refractivity contribution in [2.24, 2.45) is 0 Å². The number of nitrogens with zero attached hydrogens (tertiary/aromatic N) is 3. The second kappa shape index (κ2) is 5.99. The Morgan fingerprint density at radius 1 is 1.17 bits per heavy atom. The SMILES string of the molecule is O=C(CN1C[C@]2(CC2(F)F)c2cc(C3(F)CC3)ccc2C1=O)Nc1ncc(F)cn1. The predicted octanol–water partition coefficient (Wildman–Crippen LogP) is 2.95. The van der Waals surface area contributed by atoms with Gasteiger partial charge in [-0.3, -0.25) is 14.9 Å². The molecule has 5 rings (SSSR count). The smallest absolute Gasteiger partial charge is 0.260 e. The standard InChI is InChI=1S/C20H16F4N4O2/c21-12-6-25-17(26-7-12)27-15(29)8-28-10-18(9-20(18,23)24)14-5-11(19(22)3-4-19)1-2-13(14)16(28)30/h1-2,5-7H,3-4,8-10H2,(H,25,26,27,29)/t18-/m1/s1. The topological polar surface area (TPSA) is 75.2 Å². The summed E-state index contributed by atoms with van der Waals surface area (Å²) in [5.74, 6) is -5.18. The summed E-state index contributed by atoms with van der Waals surface area (Å²) in [6, 6.07) is 4.22. The van der Waals surface area contributed by atoms with Gasteiger partial charge >= 0.3 is 0 Å². The fourth-order valence-corrected chi connectivity index (χ4v) is 4.10. The fourth-order valence-electron chi connectivity index (χ4n) is 4.10. The van der Waals surface area contributed by atoms with Crippen LogP contribution in [0.25, 0.3) is 0 Å². The molecule has 1 aliphatic heterocycles. The minimum Gasteiger partial charge on any atom is -0.328 e. The number of halogens is 4. The summed E-state index contributed by atoms with van der Waals surface area (Å²) in [6.45, 7) is -0.849. The number of anilines is 1. The van der Waals surface area contributed by atoms with Gasteiger partial charge in [0.15, 0.2) is 5.82 Å². The highest BCUT2D eigenvalue weighted by molar-refractivity contribution is 6.01. The molecule has 1 aromatic carbocycles. The Kier molecular flexibility index (Phi) is 3.78. The second-order valence-electron chi connectivity index (χ2n) is 8.12. The molecule has 156 valence electrons. The van der Waals surface area contributed by atoms with Crippen molar-refractivity contribution in [1.29, 1.82) is 0 Å². The zero-order valence-corrected chi connectivity index (χ0v) is 15.6. The first-order valence-corrected chi connectivity index (χ1v) is 9.42. The average molecular weight is 420 g/mol. The number of nitrogens with one attached hydrogen (secondary N) is 1. The molecule has 0 bridgehead atoms. The van der Waals surface area contributed by atoms with Gasteiger partial charge in [0.2, 0.25) is 11.9 Å². The molecule has 0 radical (unpaired) electrons. The van der Waals surface area contributed by atoms with Gasteiger partial charge in [-0.05, 0) is 30.0 Å². The maximum Gasteiger partial charge on any atom is 0.260 e. The Morgan fingerprint density at radius 2 is 1.83 bits per heavy atom. The molecule has 2 fully saturated rings. The van der Waals surface area contributed by atoms with Gasteiger partial charge in [-0.25, -0.2) is 27.5 Å². The Morgan fingerprint density at radius 3 is 2.43 bits per heavy atom. The van der Waals surface area contributed by atoms with Crippen LogP contribution in [0.5, 0.6) is 0 Å². The molecule has 1 atom stereocenters. The molecule has 2 aromatic rings. The number of hydrogen-bond donors (Lipinski definition) is 1. The van der Waals surface area contributed by atoms with E-state index < -0.39 is 47.6 Å². The third kappa shape index (κ3) is 2.85. The lowest BCUT2D eigenvalue weighted by Crippen LogP contribution is -2.48. The third-order valence-corrected chi connectivity index (χ3v) is 6.02. The van der Waals surface area contributed by atoms with Crippen molar-refractivity contribution in [3.05, 3.63) is 53.1 Å². The Bertz CT molecular complexity index is 1070. The highest BCUT2D eigenvalue weighted by Gasteiger charge is 2.74. The van der Waals surface area contributed by atoms with Crippen LogP contribution in [0.4, 0.5) is 23.5 Å². The maximum absolute atomic E-state index is 14.5. The number of alkyl halides is 3. The van der Waals surface area contributed by atoms with Crippen LogP contribution in [0.1, 0.15) is 40.7 Å². The molecule has 6 nitrogen and oxygen atoms in total. The van der Waals surface area contributed by atoms with E-state index in [1.807, 2.05) is 0 Å². The highest BCUT2D eigenvalue weighted by Crippen LogP contribution is 2.64. The van der Waals surface area contributed by atoms with Gasteiger partial charge in [-0.15, -0.1) is 0 Å². The average Bonchev–Trinajstić information content (AvgIpc) is 3.57. The first kappa shape index (κ1) is 19.0. The van der Waals surface area contributed by atoms with E-state index in [4.69, 9.17) is 0 Å². The first-order chi connectivity index (χ1) is 14.1. The molecule has 30 heavy (non-hydrogen) atoms. The molecule has 2 saturated carbocycles. The van der Waals surface area contributed by atoms with Crippen LogP contribution < -0.4 is 5.32 Å². The summed E-state index contributed by atoms with van der Waals surface area (Å²) in [6.07, 6.45) is 1.92. The first-order valence-electron chi connectivity index (χ1n) is 9.42. The molecule has 10 heteroatoms. The maximum atomic E-state index is 14.5. The zero-order valence-electron chi connectivity index (χ0n) is 15.6. The van der Waals surface area contributed by atoms with E-state index in [0.717, 1.165) is 17.3 Å². The summed E-state index contributed by atoms with van der Waals surface area (Å²) in [5, 5.41) is 2.31. The fraction of sp³-hybridized carbons (Fsp3) is 0.400. The number of rotatable bonds is 4. The van der Waals surface area contributed by atoms with Crippen LogP contribution in [0, 0.1) is 5.82 Å². The number of amides is 2. The number of aromatic nitrogens is 2. The van der Waals surface area contributed by atoms with E-state index in [9.17, 15) is 27.2 Å². The molecule has 2 aliphatic carbocycles. The van der Waals surface area contributed by atoms with E-state index in [-0.39, 0.29) is 23.6 Å². The predicted molar refractivity (Wildman–Crippen MR) is 96.2 cm³/mol. The molecule has 3 aliphatic rings. The molecular weight excluding hydrogens is 404 g/mol. The van der Waals surface area contributed by atoms with Crippen molar-refractivity contribution in [3.8, 4) is 0 Å². The normalized spacial score (nSPS) is 25.1. The number of fused-ring (bicyclic) bond motifs is 2. The lowest BCUT2D eigenvalue weighted by molar-refractivity contribution is -0.117. The van der Waals surface area contributed by atoms with Gasteiger partial charge in [-0.2, -0.15) is 0 Å². The van der Waals surface area contributed by atoms with Crippen molar-refractivity contribution < 1.29 is 27.2 Å². The van der Waals surface area contributed by atoms with E-state index in [1.54, 1.807) is 0 Å². The van der Waals surface area contributed by atoms with Crippen LogP contribution in [0.15, 0.2) is 30.6 Å². The van der Waals surface area contributed by atoms with E-state index in [1.165, 1.54) is 18.2 Å². The zero-order chi connectivity index (χ0) is 21.3. The van der Waals surface area contributed by atoms with Crippen LogP contribution in [-0.2, 0) is 15.9 Å². The molecular formula is C20H16F4N4O2. The van der Waals surface area contributed by atoms with Crippen molar-refractivity contribution in [2.45, 2.75) is 36.3 Å². The number of carbonyl (C=O) groups excluding carboxylic acids is 2. The Labute approximate surface area is 168 Å². The van der Waals surface area contributed by atoms with Crippen molar-refractivity contribution in [3.63, 3.8) is 0 Å². The molecule has 0 unspecified atom stereocenters. The summed E-state index contributed by atoms with van der Waals surface area (Å²) in [4.78, 5) is 33.4. The van der Waals surface area contributed by atoms with Gasteiger partial charge in [-0.1, -0.05) is 12.1 Å². The lowest BCUT2D eigenvalue weighted by Gasteiger charge is -2.34. The van der Waals surface area contributed by atoms with Gasteiger partial charge in [0, 0.05) is 18.5 Å². The van der Waals surface area contributed by atoms with Crippen molar-refractivity contribution >= 4 is 17.8 Å². The van der Waals surface area contributed by atoms with Crippen molar-refractivity contribution in [1.82, 2.24) is 14.9 Å². The summed E-state index contributed by atoms with van der Waals surface area (Å²) in [7, 11) is 0. The van der Waals surface area contributed by atoms with Crippen LogP contribution in [0.2, 0.25) is 0 Å².